The van der Waals surface area contributed by atoms with Crippen molar-refractivity contribution in [2.24, 2.45) is 5.16 Å². The second kappa shape index (κ2) is 7.64. The first-order valence-electron chi connectivity index (χ1n) is 8.31. The summed E-state index contributed by atoms with van der Waals surface area (Å²) in [6, 6.07) is 8.57. The van der Waals surface area contributed by atoms with E-state index < -0.39 is 11.7 Å². The van der Waals surface area contributed by atoms with Gasteiger partial charge in [0.25, 0.3) is 0 Å². The van der Waals surface area contributed by atoms with Crippen LogP contribution < -0.4 is 9.80 Å². The van der Waals surface area contributed by atoms with Crippen molar-refractivity contribution in [3.63, 3.8) is 0 Å². The molecule has 0 unspecified atom stereocenters. The summed E-state index contributed by atoms with van der Waals surface area (Å²) in [6.45, 7) is 4.28. The number of aromatic nitrogens is 1. The van der Waals surface area contributed by atoms with Crippen molar-refractivity contribution in [1.82, 2.24) is 4.98 Å². The third-order valence-electron chi connectivity index (χ3n) is 4.53. The Morgan fingerprint density at radius 1 is 1.11 bits per heavy atom. The highest BCUT2D eigenvalue weighted by Gasteiger charge is 2.32. The summed E-state index contributed by atoms with van der Waals surface area (Å²) in [7, 11) is 0. The Labute approximate surface area is 159 Å². The lowest BCUT2D eigenvalue weighted by molar-refractivity contribution is -0.137. The van der Waals surface area contributed by atoms with E-state index in [0.717, 1.165) is 23.5 Å². The van der Waals surface area contributed by atoms with Crippen LogP contribution in [0.25, 0.3) is 0 Å². The number of rotatable bonds is 3. The lowest BCUT2D eigenvalue weighted by atomic mass is 10.1. The van der Waals surface area contributed by atoms with Crippen LogP contribution in [0.15, 0.2) is 41.7 Å². The maximum absolute atomic E-state index is 12.7. The molecule has 2 heterocycles. The number of anilines is 2. The zero-order valence-corrected chi connectivity index (χ0v) is 15.3. The van der Waals surface area contributed by atoms with E-state index in [0.29, 0.717) is 37.7 Å². The van der Waals surface area contributed by atoms with Crippen LogP contribution >= 0.6 is 11.6 Å². The summed E-state index contributed by atoms with van der Waals surface area (Å²) < 4.78 is 38.2. The van der Waals surface area contributed by atoms with Gasteiger partial charge in [-0.1, -0.05) is 28.9 Å². The number of benzene rings is 1. The fourth-order valence-electron chi connectivity index (χ4n) is 2.97. The number of hydrogen-bond donors (Lipinski definition) is 1. The van der Waals surface area contributed by atoms with Crippen LogP contribution in [-0.2, 0) is 6.18 Å². The molecule has 3 rings (SSSR count). The van der Waals surface area contributed by atoms with Gasteiger partial charge in [-0.05, 0) is 30.7 Å². The second-order valence-electron chi connectivity index (χ2n) is 6.23. The van der Waals surface area contributed by atoms with Crippen molar-refractivity contribution < 1.29 is 18.4 Å². The number of nitrogens with zero attached hydrogens (tertiary/aromatic N) is 4. The average Bonchev–Trinajstić information content (AvgIpc) is 2.67. The van der Waals surface area contributed by atoms with E-state index >= 15 is 0 Å². The van der Waals surface area contributed by atoms with Gasteiger partial charge in [0.2, 0.25) is 0 Å². The van der Waals surface area contributed by atoms with Crippen molar-refractivity contribution in [2.75, 3.05) is 36.0 Å². The first kappa shape index (κ1) is 19.3. The van der Waals surface area contributed by atoms with Crippen LogP contribution in [0.5, 0.6) is 0 Å². The smallest absolute Gasteiger partial charge is 0.411 e. The molecule has 0 spiro atoms. The lowest BCUT2D eigenvalue weighted by Gasteiger charge is -2.37. The fourth-order valence-corrected chi connectivity index (χ4v) is 3.25. The Morgan fingerprint density at radius 3 is 2.22 bits per heavy atom. The van der Waals surface area contributed by atoms with E-state index in [9.17, 15) is 13.2 Å². The summed E-state index contributed by atoms with van der Waals surface area (Å²) in [6.07, 6.45) is -3.64. The largest absolute Gasteiger partial charge is 0.417 e. The molecule has 144 valence electrons. The molecule has 0 atom stereocenters. The zero-order chi connectivity index (χ0) is 19.6. The Balaban J connectivity index is 1.67. The molecule has 1 saturated heterocycles. The summed E-state index contributed by atoms with van der Waals surface area (Å²) in [5.41, 5.74) is 1.54. The monoisotopic (exact) mass is 398 g/mol. The van der Waals surface area contributed by atoms with Gasteiger partial charge in [-0.15, -0.1) is 0 Å². The minimum absolute atomic E-state index is 0.00129. The molecule has 0 aliphatic carbocycles. The molecule has 1 aliphatic heterocycles. The van der Waals surface area contributed by atoms with Crippen molar-refractivity contribution in [2.45, 2.75) is 13.1 Å². The van der Waals surface area contributed by atoms with Crippen molar-refractivity contribution in [3.05, 3.63) is 52.7 Å². The van der Waals surface area contributed by atoms with Gasteiger partial charge in [0.15, 0.2) is 0 Å². The van der Waals surface area contributed by atoms with E-state index in [2.05, 4.69) is 15.0 Å². The quantitative estimate of drug-likeness (QED) is 0.476. The highest BCUT2D eigenvalue weighted by atomic mass is 35.5. The highest BCUT2D eigenvalue weighted by Crippen LogP contribution is 2.34. The number of piperazine rings is 1. The van der Waals surface area contributed by atoms with Gasteiger partial charge < -0.3 is 15.0 Å². The second-order valence-corrected chi connectivity index (χ2v) is 6.64. The Hall–Kier alpha value is -2.48. The minimum atomic E-state index is -4.46. The average molecular weight is 399 g/mol. The third kappa shape index (κ3) is 4.27. The van der Waals surface area contributed by atoms with Crippen LogP contribution in [0.3, 0.4) is 0 Å². The summed E-state index contributed by atoms with van der Waals surface area (Å²) in [4.78, 5) is 7.98. The predicted octanol–water partition coefficient (Wildman–Crippen LogP) is 4.28. The SMILES string of the molecule is CC(=NO)c1ccc(N2CCN(c3ncc(C(F)(F)F)cc3Cl)CC2)cc1. The molecule has 9 heteroatoms. The number of pyridine rings is 1. The molecule has 1 aromatic heterocycles. The van der Waals surface area contributed by atoms with Gasteiger partial charge in [0, 0.05) is 38.1 Å². The van der Waals surface area contributed by atoms with Crippen LogP contribution in [0, 0.1) is 0 Å². The van der Waals surface area contributed by atoms with Crippen LogP contribution in [0.4, 0.5) is 24.7 Å². The molecule has 1 aliphatic rings. The molecule has 1 fully saturated rings. The number of halogens is 4. The van der Waals surface area contributed by atoms with Gasteiger partial charge in [-0.2, -0.15) is 13.2 Å². The van der Waals surface area contributed by atoms with Crippen molar-refractivity contribution in [3.8, 4) is 0 Å². The van der Waals surface area contributed by atoms with Crippen molar-refractivity contribution >= 4 is 28.8 Å². The molecule has 0 saturated carbocycles. The first-order chi connectivity index (χ1) is 12.8. The van der Waals surface area contributed by atoms with Crippen LogP contribution in [-0.4, -0.2) is 42.1 Å². The maximum Gasteiger partial charge on any atom is 0.417 e. The van der Waals surface area contributed by atoms with Gasteiger partial charge in [0.05, 0.1) is 16.3 Å². The topological polar surface area (TPSA) is 52.0 Å². The standard InChI is InChI=1S/C18H18ClF3N4O/c1-12(24-27)13-2-4-15(5-3-13)25-6-8-26(9-7-25)17-16(19)10-14(11-23-17)18(20,21)22/h2-5,10-11,27H,6-9H2,1H3. The van der Waals surface area contributed by atoms with Crippen molar-refractivity contribution in [1.29, 1.82) is 0 Å². The molecule has 0 radical (unpaired) electrons. The molecule has 5 nitrogen and oxygen atoms in total. The van der Waals surface area contributed by atoms with E-state index in [1.807, 2.05) is 29.2 Å². The van der Waals surface area contributed by atoms with Crippen LogP contribution in [0.2, 0.25) is 5.02 Å². The summed E-state index contributed by atoms with van der Waals surface area (Å²) in [5, 5.41) is 12.0. The van der Waals surface area contributed by atoms with E-state index in [4.69, 9.17) is 16.8 Å². The Bertz CT molecular complexity index is 831. The lowest BCUT2D eigenvalue weighted by Crippen LogP contribution is -2.47. The third-order valence-corrected chi connectivity index (χ3v) is 4.81. The summed E-state index contributed by atoms with van der Waals surface area (Å²) >= 11 is 6.03. The minimum Gasteiger partial charge on any atom is -0.411 e. The van der Waals surface area contributed by atoms with E-state index in [-0.39, 0.29) is 5.02 Å². The molecule has 0 bridgehead atoms. The summed E-state index contributed by atoms with van der Waals surface area (Å²) in [5.74, 6) is 0.370. The fraction of sp³-hybridized carbons (Fsp3) is 0.333. The highest BCUT2D eigenvalue weighted by molar-refractivity contribution is 6.33. The zero-order valence-electron chi connectivity index (χ0n) is 14.5. The number of oxime groups is 1. The maximum atomic E-state index is 12.7. The van der Waals surface area contributed by atoms with Gasteiger partial charge in [-0.3, -0.25) is 0 Å². The number of alkyl halides is 3. The van der Waals surface area contributed by atoms with Gasteiger partial charge in [0.1, 0.15) is 5.82 Å². The molecule has 2 aromatic rings. The molecule has 1 N–H and O–H groups in total. The van der Waals surface area contributed by atoms with E-state index in [1.54, 1.807) is 6.92 Å². The van der Waals surface area contributed by atoms with E-state index in [1.165, 1.54) is 0 Å². The molecule has 1 aromatic carbocycles. The molecular formula is C18H18ClF3N4O. The normalized spacial score (nSPS) is 16.0. The molecule has 0 amide bonds. The first-order valence-corrected chi connectivity index (χ1v) is 8.69. The molecule has 27 heavy (non-hydrogen) atoms. The predicted molar refractivity (Wildman–Crippen MR) is 99.1 cm³/mol. The van der Waals surface area contributed by atoms with Crippen LogP contribution in [0.1, 0.15) is 18.1 Å². The Morgan fingerprint density at radius 2 is 1.70 bits per heavy atom. The number of hydrogen-bond acceptors (Lipinski definition) is 5. The Kier molecular flexibility index (Phi) is 5.46. The molecular weight excluding hydrogens is 381 g/mol. The van der Waals surface area contributed by atoms with Gasteiger partial charge in [-0.25, -0.2) is 4.98 Å². The van der Waals surface area contributed by atoms with Gasteiger partial charge >= 0.3 is 6.18 Å².